The van der Waals surface area contributed by atoms with Crippen LogP contribution in [-0.4, -0.2) is 9.78 Å². The molecule has 4 nitrogen and oxygen atoms in total. The molecule has 1 heterocycles. The Kier molecular flexibility index (Phi) is 4.71. The lowest BCUT2D eigenvalue weighted by molar-refractivity contribution is 0.544. The molecule has 2 aromatic rings. The number of rotatable bonds is 4. The zero-order chi connectivity index (χ0) is 14.0. The highest BCUT2D eigenvalue weighted by Crippen LogP contribution is 2.33. The molecule has 1 aromatic carbocycles. The second-order valence-electron chi connectivity index (χ2n) is 3.96. The summed E-state index contributed by atoms with van der Waals surface area (Å²) in [7, 11) is 0. The minimum atomic E-state index is -0.374. The zero-order valence-electron chi connectivity index (χ0n) is 10.2. The van der Waals surface area contributed by atoms with Crippen LogP contribution in [0, 0.1) is 0 Å². The molecule has 0 amide bonds. The van der Waals surface area contributed by atoms with Crippen LogP contribution in [0.2, 0.25) is 15.1 Å². The van der Waals surface area contributed by atoms with Crippen molar-refractivity contribution in [2.24, 2.45) is 5.84 Å². The van der Waals surface area contributed by atoms with E-state index < -0.39 is 0 Å². The standard InChI is InChI=1S/C12H13Cl3N4/c1-2-19-12(10(15)6-17-19)11(18-16)8-5-7(13)3-4-9(8)14/h3-6,11,18H,2,16H2,1H3. The fourth-order valence-corrected chi connectivity index (χ4v) is 2.62. The summed E-state index contributed by atoms with van der Waals surface area (Å²) in [5.41, 5.74) is 4.23. The molecule has 0 aliphatic carbocycles. The topological polar surface area (TPSA) is 55.9 Å². The molecule has 7 heteroatoms. The van der Waals surface area contributed by atoms with E-state index in [1.54, 1.807) is 29.1 Å². The summed E-state index contributed by atoms with van der Waals surface area (Å²) in [4.78, 5) is 0. The predicted octanol–water partition coefficient (Wildman–Crippen LogP) is 3.42. The molecule has 0 saturated carbocycles. The SMILES string of the molecule is CCn1ncc(Cl)c1C(NN)c1cc(Cl)ccc1Cl. The number of nitrogens with one attached hydrogen (secondary N) is 1. The molecule has 0 aliphatic rings. The monoisotopic (exact) mass is 318 g/mol. The van der Waals surface area contributed by atoms with Gasteiger partial charge in [-0.1, -0.05) is 34.8 Å². The molecule has 0 spiro atoms. The Labute approximate surface area is 126 Å². The van der Waals surface area contributed by atoms with E-state index in [0.717, 1.165) is 11.3 Å². The quantitative estimate of drug-likeness (QED) is 0.670. The lowest BCUT2D eigenvalue weighted by Gasteiger charge is -2.19. The van der Waals surface area contributed by atoms with Gasteiger partial charge in [0.05, 0.1) is 23.0 Å². The second kappa shape index (κ2) is 6.11. The molecule has 2 rings (SSSR count). The summed E-state index contributed by atoms with van der Waals surface area (Å²) < 4.78 is 1.77. The van der Waals surface area contributed by atoms with E-state index in [-0.39, 0.29) is 6.04 Å². The highest BCUT2D eigenvalue weighted by molar-refractivity contribution is 6.34. The maximum atomic E-state index is 6.21. The summed E-state index contributed by atoms with van der Waals surface area (Å²) in [5.74, 6) is 5.66. The van der Waals surface area contributed by atoms with Crippen molar-refractivity contribution in [3.05, 3.63) is 50.7 Å². The number of nitrogens with two attached hydrogens (primary N) is 1. The van der Waals surface area contributed by atoms with E-state index in [9.17, 15) is 0 Å². The Morgan fingerprint density at radius 1 is 1.32 bits per heavy atom. The molecule has 0 radical (unpaired) electrons. The van der Waals surface area contributed by atoms with Crippen LogP contribution >= 0.6 is 34.8 Å². The largest absolute Gasteiger partial charge is 0.271 e. The third-order valence-electron chi connectivity index (χ3n) is 2.84. The van der Waals surface area contributed by atoms with Gasteiger partial charge < -0.3 is 0 Å². The number of nitrogens with zero attached hydrogens (tertiary/aromatic N) is 2. The molecule has 0 aliphatic heterocycles. The Hall–Kier alpha value is -0.780. The number of aryl methyl sites for hydroxylation is 1. The molecule has 0 fully saturated rings. The normalized spacial score (nSPS) is 12.7. The van der Waals surface area contributed by atoms with E-state index in [4.69, 9.17) is 40.6 Å². The van der Waals surface area contributed by atoms with Crippen LogP contribution in [0.25, 0.3) is 0 Å². The van der Waals surface area contributed by atoms with Crippen molar-refractivity contribution in [3.8, 4) is 0 Å². The van der Waals surface area contributed by atoms with Gasteiger partial charge in [-0.05, 0) is 30.7 Å². The Balaban J connectivity index is 2.56. The van der Waals surface area contributed by atoms with Crippen LogP contribution in [0.5, 0.6) is 0 Å². The second-order valence-corrected chi connectivity index (χ2v) is 5.21. The van der Waals surface area contributed by atoms with Crippen molar-refractivity contribution >= 4 is 34.8 Å². The minimum Gasteiger partial charge on any atom is -0.271 e. The summed E-state index contributed by atoms with van der Waals surface area (Å²) in [6.45, 7) is 2.65. The van der Waals surface area contributed by atoms with Crippen molar-refractivity contribution in [2.45, 2.75) is 19.5 Å². The summed E-state index contributed by atoms with van der Waals surface area (Å²) >= 11 is 18.4. The highest BCUT2D eigenvalue weighted by atomic mass is 35.5. The Bertz CT molecular complexity index is 582. The summed E-state index contributed by atoms with van der Waals surface area (Å²) in [6.07, 6.45) is 1.59. The predicted molar refractivity (Wildman–Crippen MR) is 78.5 cm³/mol. The van der Waals surface area contributed by atoms with Gasteiger partial charge in [-0.3, -0.25) is 10.5 Å². The lowest BCUT2D eigenvalue weighted by atomic mass is 10.0. The number of halogens is 3. The average Bonchev–Trinajstić information content (AvgIpc) is 2.76. The molecule has 102 valence electrons. The first-order chi connectivity index (χ1) is 9.08. The zero-order valence-corrected chi connectivity index (χ0v) is 12.5. The highest BCUT2D eigenvalue weighted by Gasteiger charge is 2.23. The maximum absolute atomic E-state index is 6.21. The fourth-order valence-electron chi connectivity index (χ4n) is 1.96. The van der Waals surface area contributed by atoms with Gasteiger partial charge >= 0.3 is 0 Å². The number of aromatic nitrogens is 2. The number of benzene rings is 1. The lowest BCUT2D eigenvalue weighted by Crippen LogP contribution is -2.31. The van der Waals surface area contributed by atoms with Gasteiger partial charge in [0, 0.05) is 16.6 Å². The fraction of sp³-hybridized carbons (Fsp3) is 0.250. The van der Waals surface area contributed by atoms with Crippen LogP contribution < -0.4 is 11.3 Å². The third kappa shape index (κ3) is 2.88. The van der Waals surface area contributed by atoms with Crippen LogP contribution in [0.15, 0.2) is 24.4 Å². The van der Waals surface area contributed by atoms with Gasteiger partial charge in [0.15, 0.2) is 0 Å². The van der Waals surface area contributed by atoms with E-state index in [1.165, 1.54) is 0 Å². The molecule has 0 bridgehead atoms. The van der Waals surface area contributed by atoms with Crippen LogP contribution in [-0.2, 0) is 6.54 Å². The van der Waals surface area contributed by atoms with Crippen molar-refractivity contribution in [1.82, 2.24) is 15.2 Å². The molecule has 1 aromatic heterocycles. The maximum Gasteiger partial charge on any atom is 0.0908 e. The number of hydrazine groups is 1. The number of hydrogen-bond acceptors (Lipinski definition) is 3. The van der Waals surface area contributed by atoms with Crippen LogP contribution in [0.3, 0.4) is 0 Å². The first kappa shape index (κ1) is 14.6. The van der Waals surface area contributed by atoms with E-state index >= 15 is 0 Å². The van der Waals surface area contributed by atoms with Gasteiger partial charge in [0.2, 0.25) is 0 Å². The average molecular weight is 320 g/mol. The molecule has 1 atom stereocenters. The molecular weight excluding hydrogens is 307 g/mol. The van der Waals surface area contributed by atoms with Crippen molar-refractivity contribution in [1.29, 1.82) is 0 Å². The minimum absolute atomic E-state index is 0.374. The summed E-state index contributed by atoms with van der Waals surface area (Å²) in [5, 5.41) is 5.87. The van der Waals surface area contributed by atoms with Crippen molar-refractivity contribution in [3.63, 3.8) is 0 Å². The molecule has 1 unspecified atom stereocenters. The van der Waals surface area contributed by atoms with Crippen LogP contribution in [0.1, 0.15) is 24.2 Å². The first-order valence-electron chi connectivity index (χ1n) is 5.70. The molecule has 3 N–H and O–H groups in total. The van der Waals surface area contributed by atoms with Crippen LogP contribution in [0.4, 0.5) is 0 Å². The van der Waals surface area contributed by atoms with Crippen molar-refractivity contribution in [2.75, 3.05) is 0 Å². The molecular formula is C12H13Cl3N4. The smallest absolute Gasteiger partial charge is 0.0908 e. The van der Waals surface area contributed by atoms with E-state index in [0.29, 0.717) is 21.6 Å². The van der Waals surface area contributed by atoms with Gasteiger partial charge in [-0.2, -0.15) is 5.10 Å². The third-order valence-corrected chi connectivity index (χ3v) is 3.71. The van der Waals surface area contributed by atoms with E-state index in [1.807, 2.05) is 6.92 Å². The molecule has 0 saturated heterocycles. The van der Waals surface area contributed by atoms with Crippen molar-refractivity contribution < 1.29 is 0 Å². The summed E-state index contributed by atoms with van der Waals surface area (Å²) in [6, 6.07) is 4.84. The number of hydrogen-bond donors (Lipinski definition) is 2. The van der Waals surface area contributed by atoms with E-state index in [2.05, 4.69) is 10.5 Å². The first-order valence-corrected chi connectivity index (χ1v) is 6.84. The van der Waals surface area contributed by atoms with Gasteiger partial charge in [-0.15, -0.1) is 0 Å². The Morgan fingerprint density at radius 2 is 2.05 bits per heavy atom. The van der Waals surface area contributed by atoms with Gasteiger partial charge in [-0.25, -0.2) is 5.43 Å². The van der Waals surface area contributed by atoms with Gasteiger partial charge in [0.1, 0.15) is 0 Å². The Morgan fingerprint density at radius 3 is 2.68 bits per heavy atom. The molecule has 19 heavy (non-hydrogen) atoms. The van der Waals surface area contributed by atoms with Gasteiger partial charge in [0.25, 0.3) is 0 Å².